The second-order valence-electron chi connectivity index (χ2n) is 12.7. The van der Waals surface area contributed by atoms with Crippen LogP contribution in [0.3, 0.4) is 0 Å². The summed E-state index contributed by atoms with van der Waals surface area (Å²) >= 11 is 0. The van der Waals surface area contributed by atoms with Gasteiger partial charge in [-0.25, -0.2) is 19.2 Å². The number of carbonyl (C=O) groups is 5. The van der Waals surface area contributed by atoms with Gasteiger partial charge in [0, 0.05) is 18.8 Å². The Kier molecular flexibility index (Phi) is 15.5. The molecule has 1 N–H and O–H groups in total. The average molecular weight is 741 g/mol. The summed E-state index contributed by atoms with van der Waals surface area (Å²) in [4.78, 5) is 65.7. The topological polar surface area (TPSA) is 161 Å². The van der Waals surface area contributed by atoms with Gasteiger partial charge in [-0.3, -0.25) is 4.79 Å². The summed E-state index contributed by atoms with van der Waals surface area (Å²) in [6, 6.07) is 32.0. The highest BCUT2D eigenvalue weighted by atomic mass is 16.7. The zero-order valence-corrected chi connectivity index (χ0v) is 30.4. The minimum absolute atomic E-state index is 0.0994. The lowest BCUT2D eigenvalue weighted by molar-refractivity contribution is -0.214. The Morgan fingerprint density at radius 3 is 1.26 bits per heavy atom. The molecule has 0 aromatic heterocycles. The Balaban J connectivity index is 1.77. The minimum atomic E-state index is -1.99. The summed E-state index contributed by atoms with van der Waals surface area (Å²) in [5.41, 5.74) is 0.616. The van der Waals surface area contributed by atoms with Gasteiger partial charge >= 0.3 is 29.8 Å². The molecule has 7 unspecified atom stereocenters. The second kappa shape index (κ2) is 20.4. The van der Waals surface area contributed by atoms with Gasteiger partial charge in [0.05, 0.1) is 35.5 Å². The molecule has 0 fully saturated rings. The van der Waals surface area contributed by atoms with E-state index in [1.165, 1.54) is 43.3 Å². The SMILES string of the molecule is CC(=O)OC(C)C(C)COC(O)C(OC(=O)c1ccccc1)C(OC(=O)c1ccccc1)C(OC(=O)c1ccccc1)C(C)COC(=O)c1ccccc1. The number of aliphatic hydroxyl groups is 1. The van der Waals surface area contributed by atoms with E-state index in [0.29, 0.717) is 0 Å². The Labute approximate surface area is 313 Å². The van der Waals surface area contributed by atoms with Crippen LogP contribution < -0.4 is 0 Å². The van der Waals surface area contributed by atoms with Crippen LogP contribution in [-0.4, -0.2) is 78.9 Å². The molecule has 12 heteroatoms. The van der Waals surface area contributed by atoms with Gasteiger partial charge in [-0.2, -0.15) is 0 Å². The molecule has 0 aliphatic heterocycles. The van der Waals surface area contributed by atoms with E-state index in [1.807, 2.05) is 0 Å². The molecule has 0 aliphatic carbocycles. The van der Waals surface area contributed by atoms with Gasteiger partial charge in [-0.15, -0.1) is 0 Å². The number of rotatable bonds is 18. The van der Waals surface area contributed by atoms with Gasteiger partial charge in [0.1, 0.15) is 12.2 Å². The number of esters is 5. The number of ether oxygens (including phenoxy) is 6. The molecule has 0 heterocycles. The van der Waals surface area contributed by atoms with Crippen molar-refractivity contribution in [3.8, 4) is 0 Å². The molecule has 4 aromatic rings. The smallest absolute Gasteiger partial charge is 0.338 e. The van der Waals surface area contributed by atoms with Crippen LogP contribution in [0.25, 0.3) is 0 Å². The molecule has 0 amide bonds. The Bertz CT molecular complexity index is 1800. The van der Waals surface area contributed by atoms with E-state index < -0.39 is 72.4 Å². The van der Waals surface area contributed by atoms with E-state index in [2.05, 4.69) is 0 Å². The maximum atomic E-state index is 13.8. The average Bonchev–Trinajstić information content (AvgIpc) is 3.19. The summed E-state index contributed by atoms with van der Waals surface area (Å²) < 4.78 is 34.6. The summed E-state index contributed by atoms with van der Waals surface area (Å²) in [5, 5.41) is 11.7. The highest BCUT2D eigenvalue weighted by Gasteiger charge is 2.46. The number of hydrogen-bond donors (Lipinski definition) is 1. The molecule has 0 aliphatic rings. The van der Waals surface area contributed by atoms with Crippen LogP contribution in [0.15, 0.2) is 121 Å². The van der Waals surface area contributed by atoms with Crippen LogP contribution in [0.4, 0.5) is 0 Å². The predicted octanol–water partition coefficient (Wildman–Crippen LogP) is 6.08. The van der Waals surface area contributed by atoms with Crippen molar-refractivity contribution in [1.82, 2.24) is 0 Å². The van der Waals surface area contributed by atoms with Crippen LogP contribution in [0.2, 0.25) is 0 Å². The normalized spacial score (nSPS) is 14.8. The molecule has 0 bridgehead atoms. The Morgan fingerprint density at radius 2 is 0.852 bits per heavy atom. The Hall–Kier alpha value is -5.85. The van der Waals surface area contributed by atoms with Crippen LogP contribution >= 0.6 is 0 Å². The predicted molar refractivity (Wildman–Crippen MR) is 195 cm³/mol. The molecular weight excluding hydrogens is 696 g/mol. The molecule has 12 nitrogen and oxygen atoms in total. The van der Waals surface area contributed by atoms with Gasteiger partial charge in [0.2, 0.25) is 0 Å². The van der Waals surface area contributed by atoms with Crippen molar-refractivity contribution in [3.63, 3.8) is 0 Å². The van der Waals surface area contributed by atoms with Gasteiger partial charge in [0.25, 0.3) is 0 Å². The number of carbonyl (C=O) groups excluding carboxylic acids is 5. The van der Waals surface area contributed by atoms with Crippen LogP contribution in [0.5, 0.6) is 0 Å². The Morgan fingerprint density at radius 1 is 0.481 bits per heavy atom. The minimum Gasteiger partial charge on any atom is -0.462 e. The largest absolute Gasteiger partial charge is 0.462 e. The summed E-state index contributed by atoms with van der Waals surface area (Å²) in [6.07, 6.45) is -7.71. The second-order valence-corrected chi connectivity index (χ2v) is 12.7. The van der Waals surface area contributed by atoms with Gasteiger partial charge < -0.3 is 33.5 Å². The quantitative estimate of drug-likeness (QED) is 0.0713. The molecule has 0 saturated carbocycles. The fraction of sp³-hybridized carbons (Fsp3) is 0.310. The maximum absolute atomic E-state index is 13.8. The van der Waals surface area contributed by atoms with E-state index in [1.54, 1.807) is 106 Å². The lowest BCUT2D eigenvalue weighted by atomic mass is 9.95. The molecule has 54 heavy (non-hydrogen) atoms. The summed E-state index contributed by atoms with van der Waals surface area (Å²) in [6.45, 7) is 5.65. The van der Waals surface area contributed by atoms with Crippen LogP contribution in [0.1, 0.15) is 69.1 Å². The summed E-state index contributed by atoms with van der Waals surface area (Å²) in [7, 11) is 0. The first-order chi connectivity index (χ1) is 25.9. The lowest BCUT2D eigenvalue weighted by Gasteiger charge is -2.37. The number of hydrogen-bond acceptors (Lipinski definition) is 12. The van der Waals surface area contributed by atoms with E-state index >= 15 is 0 Å². The van der Waals surface area contributed by atoms with Crippen LogP contribution in [-0.2, 0) is 33.2 Å². The van der Waals surface area contributed by atoms with Crippen molar-refractivity contribution in [1.29, 1.82) is 0 Å². The molecule has 0 radical (unpaired) electrons. The molecule has 4 aromatic carbocycles. The lowest BCUT2D eigenvalue weighted by Crippen LogP contribution is -2.54. The van der Waals surface area contributed by atoms with Gasteiger partial charge in [0.15, 0.2) is 18.5 Å². The molecule has 4 rings (SSSR count). The first kappa shape index (κ1) is 40.9. The number of aliphatic hydroxyl groups excluding tert-OH is 1. The fourth-order valence-corrected chi connectivity index (χ4v) is 5.23. The number of benzene rings is 4. The molecular formula is C42H44O12. The third-order valence-electron chi connectivity index (χ3n) is 8.42. The summed E-state index contributed by atoms with van der Waals surface area (Å²) in [5.74, 6) is -5.23. The first-order valence-corrected chi connectivity index (χ1v) is 17.4. The van der Waals surface area contributed by atoms with Crippen molar-refractivity contribution in [3.05, 3.63) is 144 Å². The van der Waals surface area contributed by atoms with E-state index in [4.69, 9.17) is 28.4 Å². The molecule has 0 saturated heterocycles. The van der Waals surface area contributed by atoms with E-state index in [9.17, 15) is 29.1 Å². The maximum Gasteiger partial charge on any atom is 0.338 e. The van der Waals surface area contributed by atoms with E-state index in [-0.39, 0.29) is 35.5 Å². The van der Waals surface area contributed by atoms with Gasteiger partial charge in [-0.1, -0.05) is 86.6 Å². The van der Waals surface area contributed by atoms with Crippen molar-refractivity contribution < 1.29 is 57.5 Å². The molecule has 7 atom stereocenters. The van der Waals surface area contributed by atoms with Crippen molar-refractivity contribution in [2.45, 2.75) is 58.4 Å². The third-order valence-corrected chi connectivity index (χ3v) is 8.42. The van der Waals surface area contributed by atoms with Crippen molar-refractivity contribution in [2.24, 2.45) is 11.8 Å². The monoisotopic (exact) mass is 740 g/mol. The van der Waals surface area contributed by atoms with Crippen molar-refractivity contribution in [2.75, 3.05) is 13.2 Å². The zero-order valence-electron chi connectivity index (χ0n) is 30.4. The van der Waals surface area contributed by atoms with Gasteiger partial charge in [-0.05, 0) is 55.5 Å². The van der Waals surface area contributed by atoms with Crippen molar-refractivity contribution >= 4 is 29.8 Å². The third kappa shape index (κ3) is 12.1. The highest BCUT2D eigenvalue weighted by Crippen LogP contribution is 2.27. The zero-order chi connectivity index (χ0) is 39.0. The molecule has 0 spiro atoms. The first-order valence-electron chi connectivity index (χ1n) is 17.4. The highest BCUT2D eigenvalue weighted by molar-refractivity contribution is 5.91. The van der Waals surface area contributed by atoms with E-state index in [0.717, 1.165) is 0 Å². The molecule has 284 valence electrons. The fourth-order valence-electron chi connectivity index (χ4n) is 5.23. The van der Waals surface area contributed by atoms with Crippen LogP contribution in [0, 0.1) is 11.8 Å². The standard InChI is InChI=1S/C42H44O12/c1-27(29(3)51-30(4)43)25-50-42(48)37(54-41(47)34-23-15-8-16-24-34)36(53-40(46)33-21-13-7-14-22-33)35(52-39(45)32-19-11-6-12-20-32)28(2)26-49-38(44)31-17-9-5-10-18-31/h5-24,27-29,35-37,42,48H,25-26H2,1-4H3.